The van der Waals surface area contributed by atoms with Crippen LogP contribution in [0.2, 0.25) is 0 Å². The first-order chi connectivity index (χ1) is 4.81. The Kier molecular flexibility index (Phi) is 10.7. The fourth-order valence-electron chi connectivity index (χ4n) is 0.369. The van der Waals surface area contributed by atoms with Crippen LogP contribution < -0.4 is 6.15 Å². The van der Waals surface area contributed by atoms with Crippen LogP contribution >= 0.6 is 0 Å². The van der Waals surface area contributed by atoms with Gasteiger partial charge in [0.1, 0.15) is 4.91 Å². The molecule has 0 saturated heterocycles. The van der Waals surface area contributed by atoms with Crippen LogP contribution in [0.4, 0.5) is 0 Å². The van der Waals surface area contributed by atoms with Crippen LogP contribution in [0.3, 0.4) is 0 Å². The van der Waals surface area contributed by atoms with E-state index in [1.54, 1.807) is 0 Å². The van der Waals surface area contributed by atoms with Crippen LogP contribution in [0, 0.1) is 4.91 Å². The number of hydrogen-bond donors (Lipinski definition) is 1. The molecule has 0 rings (SSSR count). The third kappa shape index (κ3) is 9.16. The highest BCUT2D eigenvalue weighted by molar-refractivity contribution is 4.14. The van der Waals surface area contributed by atoms with Crippen molar-refractivity contribution in [2.45, 2.75) is 26.7 Å². The highest BCUT2D eigenvalue weighted by atomic mass is 17.0. The van der Waals surface area contributed by atoms with Gasteiger partial charge < -0.3 is 6.15 Å². The average Bonchev–Trinajstić information content (AvgIpc) is 1.97. The molecule has 0 amide bonds. The van der Waals surface area contributed by atoms with Gasteiger partial charge in [-0.15, -0.1) is 0 Å². The zero-order chi connectivity index (χ0) is 7.82. The minimum atomic E-state index is 0. The molecule has 0 unspecified atom stereocenters. The number of nitrogens with zero attached hydrogens (tertiary/aromatic N) is 1. The molecule has 5 nitrogen and oxygen atoms in total. The molecule has 0 radical (unpaired) electrons. The summed E-state index contributed by atoms with van der Waals surface area (Å²) in [6, 6.07) is 0. The van der Waals surface area contributed by atoms with Crippen molar-refractivity contribution >= 4 is 0 Å². The molecule has 0 heterocycles. The first kappa shape index (κ1) is 12.8. The second-order valence-corrected chi connectivity index (χ2v) is 1.89. The van der Waals surface area contributed by atoms with Crippen LogP contribution in [0.15, 0.2) is 0 Å². The summed E-state index contributed by atoms with van der Waals surface area (Å²) in [5.41, 5.74) is 0. The lowest BCUT2D eigenvalue weighted by molar-refractivity contribution is -0.981. The molecule has 5 heteroatoms. The molecule has 3 N–H and O–H groups in total. The molecule has 0 spiro atoms. The van der Waals surface area contributed by atoms with Crippen molar-refractivity contribution in [3.05, 3.63) is 4.91 Å². The highest BCUT2D eigenvalue weighted by Gasteiger charge is 2.08. The molecular formula is C6H17N2O3+. The van der Waals surface area contributed by atoms with E-state index in [-0.39, 0.29) is 11.2 Å². The molecule has 0 aliphatic heterocycles. The van der Waals surface area contributed by atoms with Crippen LogP contribution in [-0.2, 0) is 9.68 Å². The first-order valence-corrected chi connectivity index (χ1v) is 3.54. The zero-order valence-electron chi connectivity index (χ0n) is 7.21. The normalized spacial score (nSPS) is 8.18. The van der Waals surface area contributed by atoms with Crippen LogP contribution in [0.5, 0.6) is 0 Å². The SMILES string of the molecule is CCCO[N+](=O)OCCC.N. The van der Waals surface area contributed by atoms with Gasteiger partial charge in [-0.3, -0.25) is 0 Å². The predicted octanol–water partition coefficient (Wildman–Crippen LogP) is 1.61. The van der Waals surface area contributed by atoms with E-state index < -0.39 is 0 Å². The van der Waals surface area contributed by atoms with Crippen molar-refractivity contribution in [3.63, 3.8) is 0 Å². The van der Waals surface area contributed by atoms with E-state index in [0.717, 1.165) is 12.8 Å². The maximum Gasteiger partial charge on any atom is 0.477 e. The molecule has 0 aliphatic rings. The molecule has 0 bridgehead atoms. The smallest absolute Gasteiger partial charge is 0.344 e. The Balaban J connectivity index is 0. The fraction of sp³-hybridized carbons (Fsp3) is 1.00. The van der Waals surface area contributed by atoms with Crippen molar-refractivity contribution in [2.75, 3.05) is 13.2 Å². The molecule has 0 aliphatic carbocycles. The zero-order valence-corrected chi connectivity index (χ0v) is 7.21. The minimum Gasteiger partial charge on any atom is -0.344 e. The van der Waals surface area contributed by atoms with Crippen molar-refractivity contribution in [2.24, 2.45) is 0 Å². The first-order valence-electron chi connectivity index (χ1n) is 3.54. The summed E-state index contributed by atoms with van der Waals surface area (Å²) in [5.74, 6) is 0. The van der Waals surface area contributed by atoms with Gasteiger partial charge in [-0.25, -0.2) is 0 Å². The average molecular weight is 165 g/mol. The summed E-state index contributed by atoms with van der Waals surface area (Å²) >= 11 is 0. The predicted molar refractivity (Wildman–Crippen MR) is 41.1 cm³/mol. The van der Waals surface area contributed by atoms with Gasteiger partial charge in [0, 0.05) is 0 Å². The monoisotopic (exact) mass is 165 g/mol. The summed E-state index contributed by atoms with van der Waals surface area (Å²) in [5, 5.41) is 0.174. The molecule has 0 aromatic rings. The van der Waals surface area contributed by atoms with E-state index in [2.05, 4.69) is 9.68 Å². The molecule has 0 aromatic heterocycles. The molecule has 11 heavy (non-hydrogen) atoms. The number of hydrogen-bond acceptors (Lipinski definition) is 4. The highest BCUT2D eigenvalue weighted by Crippen LogP contribution is 1.85. The Bertz CT molecular complexity index is 87.8. The van der Waals surface area contributed by atoms with Gasteiger partial charge in [0.2, 0.25) is 0 Å². The van der Waals surface area contributed by atoms with E-state index in [1.807, 2.05) is 13.8 Å². The van der Waals surface area contributed by atoms with Gasteiger partial charge in [-0.1, -0.05) is 13.8 Å². The van der Waals surface area contributed by atoms with Gasteiger partial charge in [0.15, 0.2) is 13.2 Å². The largest absolute Gasteiger partial charge is 0.477 e. The lowest BCUT2D eigenvalue weighted by atomic mass is 10.5. The summed E-state index contributed by atoms with van der Waals surface area (Å²) in [6.07, 6.45) is 1.63. The van der Waals surface area contributed by atoms with E-state index in [4.69, 9.17) is 0 Å². The summed E-state index contributed by atoms with van der Waals surface area (Å²) < 4.78 is 0. The van der Waals surface area contributed by atoms with E-state index >= 15 is 0 Å². The molecule has 0 aromatic carbocycles. The van der Waals surface area contributed by atoms with Gasteiger partial charge in [0.05, 0.1) is 0 Å². The van der Waals surface area contributed by atoms with E-state index in [0.29, 0.717) is 13.2 Å². The molecule has 0 saturated carbocycles. The van der Waals surface area contributed by atoms with E-state index in [9.17, 15) is 4.91 Å². The third-order valence-electron chi connectivity index (χ3n) is 0.802. The van der Waals surface area contributed by atoms with Crippen LogP contribution in [-0.4, -0.2) is 18.3 Å². The van der Waals surface area contributed by atoms with E-state index in [1.165, 1.54) is 0 Å². The Morgan fingerprint density at radius 3 is 1.73 bits per heavy atom. The maximum atomic E-state index is 10.4. The minimum absolute atomic E-state index is 0. The van der Waals surface area contributed by atoms with Crippen molar-refractivity contribution < 1.29 is 14.8 Å². The van der Waals surface area contributed by atoms with Crippen LogP contribution in [0.1, 0.15) is 26.7 Å². The fourth-order valence-corrected chi connectivity index (χ4v) is 0.369. The van der Waals surface area contributed by atoms with Crippen LogP contribution in [0.25, 0.3) is 0 Å². The summed E-state index contributed by atoms with van der Waals surface area (Å²) in [4.78, 5) is 19.5. The summed E-state index contributed by atoms with van der Waals surface area (Å²) in [6.45, 7) is 4.67. The van der Waals surface area contributed by atoms with Crippen molar-refractivity contribution in [1.82, 2.24) is 6.15 Å². The third-order valence-corrected chi connectivity index (χ3v) is 0.802. The van der Waals surface area contributed by atoms with Crippen molar-refractivity contribution in [3.8, 4) is 0 Å². The topological polar surface area (TPSA) is 73.5 Å². The number of rotatable bonds is 6. The lowest BCUT2D eigenvalue weighted by Gasteiger charge is -1.89. The van der Waals surface area contributed by atoms with Gasteiger partial charge >= 0.3 is 5.09 Å². The van der Waals surface area contributed by atoms with Gasteiger partial charge in [0.25, 0.3) is 0 Å². The Morgan fingerprint density at radius 2 is 1.45 bits per heavy atom. The Morgan fingerprint density at radius 1 is 1.09 bits per heavy atom. The second-order valence-electron chi connectivity index (χ2n) is 1.89. The molecule has 68 valence electrons. The molecular weight excluding hydrogens is 148 g/mol. The summed E-state index contributed by atoms with van der Waals surface area (Å²) in [7, 11) is 0. The quantitative estimate of drug-likeness (QED) is 0.607. The maximum absolute atomic E-state index is 10.4. The van der Waals surface area contributed by atoms with Gasteiger partial charge in [-0.05, 0) is 12.8 Å². The Labute approximate surface area is 66.7 Å². The molecule has 0 atom stereocenters. The molecule has 0 fully saturated rings. The van der Waals surface area contributed by atoms with Crippen molar-refractivity contribution in [1.29, 1.82) is 0 Å². The Hall–Kier alpha value is -0.840. The lowest BCUT2D eigenvalue weighted by Crippen LogP contribution is -2.11. The standard InChI is InChI=1S/C6H14NO3.H3N/c1-3-5-9-7(8)10-6-4-2;/h3-6H2,1-2H3;1H3/q+1;. The second kappa shape index (κ2) is 9.16. The van der Waals surface area contributed by atoms with Gasteiger partial charge in [-0.2, -0.15) is 9.68 Å².